The summed E-state index contributed by atoms with van der Waals surface area (Å²) in [5.74, 6) is -0.959. The number of nitrogens with zero attached hydrogens (tertiary/aromatic N) is 1. The van der Waals surface area contributed by atoms with Gasteiger partial charge in [-0.25, -0.2) is 0 Å². The summed E-state index contributed by atoms with van der Waals surface area (Å²) in [6.07, 6.45) is 1.12. The number of hydrogen-bond acceptors (Lipinski definition) is 4. The van der Waals surface area contributed by atoms with E-state index in [2.05, 4.69) is 0 Å². The third-order valence-corrected chi connectivity index (χ3v) is 2.04. The van der Waals surface area contributed by atoms with E-state index in [-0.39, 0.29) is 18.1 Å². The van der Waals surface area contributed by atoms with Crippen LogP contribution in [-0.2, 0) is 4.79 Å². The minimum absolute atomic E-state index is 0.0914. The lowest BCUT2D eigenvalue weighted by molar-refractivity contribution is -0.387. The van der Waals surface area contributed by atoms with E-state index in [0.29, 0.717) is 6.42 Å². The Morgan fingerprint density at radius 3 is 2.76 bits per heavy atom. The van der Waals surface area contributed by atoms with E-state index in [0.717, 1.165) is 18.6 Å². The molecular weight excluding hydrogens is 229 g/mol. The van der Waals surface area contributed by atoms with Gasteiger partial charge in [0.2, 0.25) is 5.82 Å². The van der Waals surface area contributed by atoms with Crippen LogP contribution >= 0.6 is 0 Å². The van der Waals surface area contributed by atoms with Crippen molar-refractivity contribution in [2.75, 3.05) is 6.61 Å². The van der Waals surface area contributed by atoms with Gasteiger partial charge in [0, 0.05) is 18.6 Å². The monoisotopic (exact) mass is 241 g/mol. The molecule has 0 unspecified atom stereocenters. The number of Topliss-reactive ketones (excluding diaryl/α,β-unsaturated/α-hetero) is 1. The van der Waals surface area contributed by atoms with Gasteiger partial charge in [-0.15, -0.1) is 0 Å². The third-order valence-electron chi connectivity index (χ3n) is 2.04. The van der Waals surface area contributed by atoms with Crippen molar-refractivity contribution in [3.05, 3.63) is 34.1 Å². The molecule has 17 heavy (non-hydrogen) atoms. The Hall–Kier alpha value is -1.98. The number of nitro groups is 1. The predicted octanol–water partition coefficient (Wildman–Crippen LogP) is 2.48. The first-order valence-corrected chi connectivity index (χ1v) is 5.13. The van der Waals surface area contributed by atoms with E-state index in [1.165, 1.54) is 6.07 Å². The van der Waals surface area contributed by atoms with Crippen LogP contribution in [0.25, 0.3) is 0 Å². The first kappa shape index (κ1) is 13.1. The van der Waals surface area contributed by atoms with E-state index < -0.39 is 16.4 Å². The zero-order chi connectivity index (χ0) is 12.8. The Bertz CT molecular complexity index is 433. The number of ketones is 1. The van der Waals surface area contributed by atoms with Crippen molar-refractivity contribution in [2.45, 2.75) is 19.8 Å². The van der Waals surface area contributed by atoms with Crippen LogP contribution in [0.2, 0.25) is 0 Å². The van der Waals surface area contributed by atoms with Gasteiger partial charge in [-0.2, -0.15) is 4.39 Å². The Labute approximate surface area is 97.3 Å². The van der Waals surface area contributed by atoms with Crippen molar-refractivity contribution >= 4 is 11.5 Å². The number of hydrogen-bond donors (Lipinski definition) is 0. The smallest absolute Gasteiger partial charge is 0.305 e. The highest BCUT2D eigenvalue weighted by molar-refractivity contribution is 5.79. The van der Waals surface area contributed by atoms with E-state index in [1.807, 2.05) is 6.92 Å². The summed E-state index contributed by atoms with van der Waals surface area (Å²) in [5, 5.41) is 10.4. The van der Waals surface area contributed by atoms with E-state index in [1.54, 1.807) is 0 Å². The molecule has 0 saturated heterocycles. The highest BCUT2D eigenvalue weighted by Crippen LogP contribution is 2.22. The number of nitro benzene ring substituents is 1. The molecule has 0 aliphatic heterocycles. The van der Waals surface area contributed by atoms with Crippen molar-refractivity contribution in [2.24, 2.45) is 0 Å². The molecule has 0 amide bonds. The second-order valence-corrected chi connectivity index (χ2v) is 3.45. The predicted molar refractivity (Wildman–Crippen MR) is 58.5 cm³/mol. The van der Waals surface area contributed by atoms with Gasteiger partial charge in [-0.3, -0.25) is 14.9 Å². The molecule has 6 heteroatoms. The standard InChI is InChI=1S/C11H12FNO4/c1-2-3-8(14)7-17-9-4-5-11(13(15)16)10(12)6-9/h4-6H,2-3,7H2,1H3. The number of rotatable bonds is 6. The van der Waals surface area contributed by atoms with Crippen LogP contribution in [0.4, 0.5) is 10.1 Å². The minimum atomic E-state index is -0.976. The van der Waals surface area contributed by atoms with Crippen LogP contribution in [0.5, 0.6) is 5.75 Å². The lowest BCUT2D eigenvalue weighted by Crippen LogP contribution is -2.10. The Balaban J connectivity index is 2.65. The lowest BCUT2D eigenvalue weighted by Gasteiger charge is -2.04. The van der Waals surface area contributed by atoms with Crippen molar-refractivity contribution < 1.29 is 18.8 Å². The van der Waals surface area contributed by atoms with Gasteiger partial charge < -0.3 is 4.74 Å². The first-order chi connectivity index (χ1) is 8.04. The SMILES string of the molecule is CCCC(=O)COc1ccc([N+](=O)[O-])c(F)c1. The molecule has 0 radical (unpaired) electrons. The maximum Gasteiger partial charge on any atom is 0.305 e. The number of carbonyl (C=O) groups excluding carboxylic acids is 1. The number of ether oxygens (including phenoxy) is 1. The number of carbonyl (C=O) groups is 1. The molecule has 0 spiro atoms. The summed E-state index contributed by atoms with van der Waals surface area (Å²) >= 11 is 0. The highest BCUT2D eigenvalue weighted by atomic mass is 19.1. The van der Waals surface area contributed by atoms with Crippen LogP contribution in [0.1, 0.15) is 19.8 Å². The quantitative estimate of drug-likeness (QED) is 0.566. The lowest BCUT2D eigenvalue weighted by atomic mass is 10.2. The average molecular weight is 241 g/mol. The summed E-state index contributed by atoms with van der Waals surface area (Å²) in [4.78, 5) is 20.7. The van der Waals surface area contributed by atoms with Gasteiger partial charge in [0.15, 0.2) is 5.78 Å². The van der Waals surface area contributed by atoms with Crippen molar-refractivity contribution in [3.63, 3.8) is 0 Å². The van der Waals surface area contributed by atoms with Crippen LogP contribution in [0.15, 0.2) is 18.2 Å². The van der Waals surface area contributed by atoms with Gasteiger partial charge in [0.1, 0.15) is 12.4 Å². The highest BCUT2D eigenvalue weighted by Gasteiger charge is 2.14. The van der Waals surface area contributed by atoms with Crippen molar-refractivity contribution in [3.8, 4) is 5.75 Å². The Morgan fingerprint density at radius 2 is 2.24 bits per heavy atom. The fourth-order valence-corrected chi connectivity index (χ4v) is 1.24. The molecule has 1 aromatic rings. The normalized spacial score (nSPS) is 10.0. The second-order valence-electron chi connectivity index (χ2n) is 3.45. The zero-order valence-corrected chi connectivity index (χ0v) is 9.31. The topological polar surface area (TPSA) is 69.4 Å². The van der Waals surface area contributed by atoms with Crippen LogP contribution in [0, 0.1) is 15.9 Å². The van der Waals surface area contributed by atoms with E-state index in [9.17, 15) is 19.3 Å². The van der Waals surface area contributed by atoms with Crippen LogP contribution in [0.3, 0.4) is 0 Å². The molecule has 0 aliphatic rings. The minimum Gasteiger partial charge on any atom is -0.486 e. The second kappa shape index (κ2) is 5.93. The molecular formula is C11H12FNO4. The first-order valence-electron chi connectivity index (χ1n) is 5.13. The van der Waals surface area contributed by atoms with E-state index in [4.69, 9.17) is 4.74 Å². The molecule has 0 fully saturated rings. The molecule has 1 rings (SSSR count). The molecule has 0 bridgehead atoms. The molecule has 5 nitrogen and oxygen atoms in total. The largest absolute Gasteiger partial charge is 0.486 e. The molecule has 0 saturated carbocycles. The fraction of sp³-hybridized carbons (Fsp3) is 0.364. The summed E-state index contributed by atoms with van der Waals surface area (Å²) in [5.41, 5.74) is -0.614. The summed E-state index contributed by atoms with van der Waals surface area (Å²) in [6, 6.07) is 3.17. The maximum atomic E-state index is 13.2. The van der Waals surface area contributed by atoms with Gasteiger partial charge in [-0.1, -0.05) is 6.92 Å². The molecule has 0 N–H and O–H groups in total. The van der Waals surface area contributed by atoms with Crippen LogP contribution in [-0.4, -0.2) is 17.3 Å². The van der Waals surface area contributed by atoms with Crippen molar-refractivity contribution in [1.82, 2.24) is 0 Å². The van der Waals surface area contributed by atoms with E-state index >= 15 is 0 Å². The molecule has 92 valence electrons. The molecule has 0 aliphatic carbocycles. The summed E-state index contributed by atoms with van der Waals surface area (Å²) < 4.78 is 18.2. The maximum absolute atomic E-state index is 13.2. The molecule has 0 heterocycles. The number of benzene rings is 1. The fourth-order valence-electron chi connectivity index (χ4n) is 1.24. The number of halogens is 1. The molecule has 1 aromatic carbocycles. The van der Waals surface area contributed by atoms with Gasteiger partial charge in [0.05, 0.1) is 4.92 Å². The average Bonchev–Trinajstić information content (AvgIpc) is 2.26. The third kappa shape index (κ3) is 3.82. The Kier molecular flexibility index (Phi) is 4.56. The van der Waals surface area contributed by atoms with Crippen molar-refractivity contribution in [1.29, 1.82) is 0 Å². The zero-order valence-electron chi connectivity index (χ0n) is 9.31. The van der Waals surface area contributed by atoms with Gasteiger partial charge in [-0.05, 0) is 12.5 Å². The molecule has 0 atom stereocenters. The summed E-state index contributed by atoms with van der Waals surface area (Å²) in [6.45, 7) is 1.72. The molecule has 0 aromatic heterocycles. The van der Waals surface area contributed by atoms with Gasteiger partial charge >= 0.3 is 5.69 Å². The van der Waals surface area contributed by atoms with Gasteiger partial charge in [0.25, 0.3) is 0 Å². The van der Waals surface area contributed by atoms with Crippen LogP contribution < -0.4 is 4.74 Å². The Morgan fingerprint density at radius 1 is 1.53 bits per heavy atom. The summed E-state index contributed by atoms with van der Waals surface area (Å²) in [7, 11) is 0.